The summed E-state index contributed by atoms with van der Waals surface area (Å²) >= 11 is 0. The summed E-state index contributed by atoms with van der Waals surface area (Å²) in [7, 11) is 0. The van der Waals surface area contributed by atoms with E-state index in [1.54, 1.807) is 6.21 Å². The molecule has 94 valence electrons. The minimum Gasteiger partial charge on any atom is -0.360 e. The molecule has 17 heavy (non-hydrogen) atoms. The lowest BCUT2D eigenvalue weighted by atomic mass is 10.1. The highest BCUT2D eigenvalue weighted by molar-refractivity contribution is 5.80. The first-order valence-electron chi connectivity index (χ1n) is 6.28. The number of unbranched alkanes of at least 4 members (excludes halogenated alkanes) is 4. The first kappa shape index (κ1) is 13.5. The van der Waals surface area contributed by atoms with E-state index in [1.165, 1.54) is 19.3 Å². The number of aromatic nitrogens is 1. The van der Waals surface area contributed by atoms with Crippen LogP contribution in [0, 0.1) is 0 Å². The van der Waals surface area contributed by atoms with Crippen molar-refractivity contribution < 1.29 is 4.79 Å². The second-order valence-electron chi connectivity index (χ2n) is 4.08. The second kappa shape index (κ2) is 8.56. The normalized spacial score (nSPS) is 10.9. The van der Waals surface area contributed by atoms with E-state index >= 15 is 0 Å². The fraction of sp³-hybridized carbons (Fsp3) is 0.538. The van der Waals surface area contributed by atoms with E-state index in [2.05, 4.69) is 22.4 Å². The van der Waals surface area contributed by atoms with Crippen molar-refractivity contribution in [1.82, 2.24) is 10.4 Å². The highest BCUT2D eigenvalue weighted by Gasteiger charge is 1.98. The fourth-order valence-electron chi connectivity index (χ4n) is 1.54. The van der Waals surface area contributed by atoms with Gasteiger partial charge in [0.05, 0.1) is 11.9 Å². The molecule has 4 heteroatoms. The number of hydrogen-bond donors (Lipinski definition) is 2. The second-order valence-corrected chi connectivity index (χ2v) is 4.08. The first-order chi connectivity index (χ1) is 8.33. The number of hydrazone groups is 1. The number of carbonyl (C=O) groups is 1. The lowest BCUT2D eigenvalue weighted by Gasteiger charge is -1.99. The molecule has 2 N–H and O–H groups in total. The van der Waals surface area contributed by atoms with E-state index in [1.807, 2.05) is 18.3 Å². The van der Waals surface area contributed by atoms with Crippen LogP contribution in [0.3, 0.4) is 0 Å². The number of nitrogens with zero attached hydrogens (tertiary/aromatic N) is 1. The number of nitrogens with one attached hydrogen (secondary N) is 2. The van der Waals surface area contributed by atoms with Crippen LogP contribution >= 0.6 is 0 Å². The Kier molecular flexibility index (Phi) is 6.79. The van der Waals surface area contributed by atoms with Crippen molar-refractivity contribution in [3.05, 3.63) is 24.0 Å². The SMILES string of the molecule is CCCCCCCC(=O)N/N=C/c1ccc[nH]1. The van der Waals surface area contributed by atoms with Crippen LogP contribution in [0.2, 0.25) is 0 Å². The van der Waals surface area contributed by atoms with Gasteiger partial charge in [0.15, 0.2) is 0 Å². The number of hydrogen-bond acceptors (Lipinski definition) is 2. The molecule has 1 heterocycles. The van der Waals surface area contributed by atoms with Gasteiger partial charge in [-0.1, -0.05) is 32.6 Å². The van der Waals surface area contributed by atoms with Gasteiger partial charge in [0.25, 0.3) is 0 Å². The quantitative estimate of drug-likeness (QED) is 0.406. The van der Waals surface area contributed by atoms with Crippen molar-refractivity contribution >= 4 is 12.1 Å². The molecule has 0 bridgehead atoms. The van der Waals surface area contributed by atoms with Crippen LogP contribution in [0.1, 0.15) is 51.1 Å². The lowest BCUT2D eigenvalue weighted by Crippen LogP contribution is -2.16. The molecule has 4 nitrogen and oxygen atoms in total. The van der Waals surface area contributed by atoms with E-state index in [-0.39, 0.29) is 5.91 Å². The van der Waals surface area contributed by atoms with Gasteiger partial charge in [-0.15, -0.1) is 0 Å². The highest BCUT2D eigenvalue weighted by Crippen LogP contribution is 2.04. The minimum atomic E-state index is -0.00990. The Morgan fingerprint density at radius 2 is 2.24 bits per heavy atom. The van der Waals surface area contributed by atoms with Crippen molar-refractivity contribution in [3.8, 4) is 0 Å². The molecule has 1 amide bonds. The molecule has 0 saturated heterocycles. The summed E-state index contributed by atoms with van der Waals surface area (Å²) in [6, 6.07) is 3.78. The van der Waals surface area contributed by atoms with Gasteiger partial charge in [-0.3, -0.25) is 4.79 Å². The van der Waals surface area contributed by atoms with Gasteiger partial charge in [-0.2, -0.15) is 5.10 Å². The maximum Gasteiger partial charge on any atom is 0.240 e. The summed E-state index contributed by atoms with van der Waals surface area (Å²) in [6.07, 6.45) is 9.76. The van der Waals surface area contributed by atoms with Crippen LogP contribution in [0.4, 0.5) is 0 Å². The Labute approximate surface area is 103 Å². The standard InChI is InChI=1S/C13H21N3O/c1-2-3-4-5-6-9-13(17)16-15-11-12-8-7-10-14-12/h7-8,10-11,14H,2-6,9H2,1H3,(H,16,17)/b15-11+. The van der Waals surface area contributed by atoms with Gasteiger partial charge in [0, 0.05) is 12.6 Å². The maximum absolute atomic E-state index is 11.4. The van der Waals surface area contributed by atoms with Crippen LogP contribution in [0.5, 0.6) is 0 Å². The Morgan fingerprint density at radius 3 is 2.94 bits per heavy atom. The maximum atomic E-state index is 11.4. The molecule has 1 rings (SSSR count). The predicted octanol–water partition coefficient (Wildman–Crippen LogP) is 2.83. The third kappa shape index (κ3) is 6.56. The van der Waals surface area contributed by atoms with Crippen LogP contribution in [-0.2, 0) is 4.79 Å². The van der Waals surface area contributed by atoms with Crippen LogP contribution < -0.4 is 5.43 Å². The molecule has 0 saturated carbocycles. The van der Waals surface area contributed by atoms with Crippen LogP contribution in [-0.4, -0.2) is 17.1 Å². The Balaban J connectivity index is 2.05. The average Bonchev–Trinajstić information content (AvgIpc) is 2.82. The Hall–Kier alpha value is -1.58. The molecule has 0 radical (unpaired) electrons. The molecule has 0 aliphatic heterocycles. The van der Waals surface area contributed by atoms with Gasteiger partial charge in [-0.05, 0) is 18.6 Å². The molecular weight excluding hydrogens is 214 g/mol. The van der Waals surface area contributed by atoms with Crippen molar-refractivity contribution in [2.24, 2.45) is 5.10 Å². The average molecular weight is 235 g/mol. The number of amides is 1. The van der Waals surface area contributed by atoms with Gasteiger partial charge >= 0.3 is 0 Å². The van der Waals surface area contributed by atoms with Crippen molar-refractivity contribution in [2.75, 3.05) is 0 Å². The van der Waals surface area contributed by atoms with Gasteiger partial charge in [-0.25, -0.2) is 5.43 Å². The van der Waals surface area contributed by atoms with E-state index < -0.39 is 0 Å². The van der Waals surface area contributed by atoms with E-state index in [9.17, 15) is 4.79 Å². The molecule has 1 aromatic heterocycles. The van der Waals surface area contributed by atoms with Gasteiger partial charge in [0.2, 0.25) is 5.91 Å². The zero-order valence-corrected chi connectivity index (χ0v) is 10.4. The zero-order chi connectivity index (χ0) is 12.3. The number of carbonyl (C=O) groups excluding carboxylic acids is 1. The van der Waals surface area contributed by atoms with E-state index in [0.29, 0.717) is 6.42 Å². The molecule has 0 aromatic carbocycles. The molecule has 0 spiro atoms. The number of rotatable bonds is 8. The summed E-state index contributed by atoms with van der Waals surface area (Å²) in [5.74, 6) is -0.00990. The van der Waals surface area contributed by atoms with Gasteiger partial charge < -0.3 is 4.98 Å². The largest absolute Gasteiger partial charge is 0.360 e. The lowest BCUT2D eigenvalue weighted by molar-refractivity contribution is -0.121. The molecule has 0 atom stereocenters. The van der Waals surface area contributed by atoms with Crippen LogP contribution in [0.15, 0.2) is 23.4 Å². The zero-order valence-electron chi connectivity index (χ0n) is 10.4. The van der Waals surface area contributed by atoms with Crippen molar-refractivity contribution in [3.63, 3.8) is 0 Å². The minimum absolute atomic E-state index is 0.00990. The smallest absolute Gasteiger partial charge is 0.240 e. The van der Waals surface area contributed by atoms with E-state index in [4.69, 9.17) is 0 Å². The highest BCUT2D eigenvalue weighted by atomic mass is 16.2. The topological polar surface area (TPSA) is 57.2 Å². The third-order valence-electron chi connectivity index (χ3n) is 2.52. The Bertz CT molecular complexity index is 330. The molecule has 0 aliphatic rings. The molecule has 0 unspecified atom stereocenters. The summed E-state index contributed by atoms with van der Waals surface area (Å²) in [5.41, 5.74) is 3.40. The Morgan fingerprint density at radius 1 is 1.41 bits per heavy atom. The first-order valence-corrected chi connectivity index (χ1v) is 6.28. The van der Waals surface area contributed by atoms with Crippen molar-refractivity contribution in [1.29, 1.82) is 0 Å². The molecular formula is C13H21N3O. The number of aromatic amines is 1. The monoisotopic (exact) mass is 235 g/mol. The van der Waals surface area contributed by atoms with Crippen LogP contribution in [0.25, 0.3) is 0 Å². The van der Waals surface area contributed by atoms with Crippen molar-refractivity contribution in [2.45, 2.75) is 45.4 Å². The summed E-state index contributed by atoms with van der Waals surface area (Å²) < 4.78 is 0. The third-order valence-corrected chi connectivity index (χ3v) is 2.52. The summed E-state index contributed by atoms with van der Waals surface area (Å²) in [6.45, 7) is 2.18. The van der Waals surface area contributed by atoms with Gasteiger partial charge in [0.1, 0.15) is 0 Å². The summed E-state index contributed by atoms with van der Waals surface area (Å²) in [5, 5.41) is 3.87. The molecule has 0 fully saturated rings. The predicted molar refractivity (Wildman–Crippen MR) is 69.9 cm³/mol. The van der Waals surface area contributed by atoms with E-state index in [0.717, 1.165) is 18.5 Å². The number of H-pyrrole nitrogens is 1. The molecule has 1 aromatic rings. The fourth-order valence-corrected chi connectivity index (χ4v) is 1.54. The summed E-state index contributed by atoms with van der Waals surface area (Å²) in [4.78, 5) is 14.3. The molecule has 0 aliphatic carbocycles.